The molecule has 2 aromatic rings. The molecule has 21 heavy (non-hydrogen) atoms. The van der Waals surface area contributed by atoms with E-state index in [0.717, 1.165) is 0 Å². The highest BCUT2D eigenvalue weighted by Gasteiger charge is 2.11. The number of nitrogens with one attached hydrogen (secondary N) is 2. The number of hydrogen-bond donors (Lipinski definition) is 2. The molecule has 2 N–H and O–H groups in total. The smallest absolute Gasteiger partial charge is 0.261 e. The number of hydrogen-bond acceptors (Lipinski definition) is 4. The van der Waals surface area contributed by atoms with Gasteiger partial charge in [0.2, 0.25) is 0 Å². The number of carbonyl (C=O) groups excluding carboxylic acids is 1. The van der Waals surface area contributed by atoms with Gasteiger partial charge in [-0.2, -0.15) is 0 Å². The van der Waals surface area contributed by atoms with Gasteiger partial charge in [-0.15, -0.1) is 0 Å². The van der Waals surface area contributed by atoms with E-state index in [1.165, 1.54) is 18.5 Å². The van der Waals surface area contributed by atoms with Crippen LogP contribution in [0.2, 0.25) is 0 Å². The molecule has 0 unspecified atom stereocenters. The Morgan fingerprint density at radius 1 is 1.29 bits per heavy atom. The monoisotopic (exact) mass is 288 g/mol. The van der Waals surface area contributed by atoms with Crippen LogP contribution in [0.1, 0.15) is 17.3 Å². The first-order valence-corrected chi connectivity index (χ1v) is 6.45. The van der Waals surface area contributed by atoms with Crippen molar-refractivity contribution in [2.75, 3.05) is 19.0 Å². The van der Waals surface area contributed by atoms with Crippen molar-refractivity contribution in [3.05, 3.63) is 52.4 Å². The average Bonchev–Trinajstić information content (AvgIpc) is 2.48. The summed E-state index contributed by atoms with van der Waals surface area (Å²) >= 11 is 0. The summed E-state index contributed by atoms with van der Waals surface area (Å²) in [6.45, 7) is 2.33. The first kappa shape index (κ1) is 14.6. The van der Waals surface area contributed by atoms with Crippen LogP contribution >= 0.6 is 0 Å². The quantitative estimate of drug-likeness (QED) is 0.882. The third-order valence-electron chi connectivity index (χ3n) is 2.79. The number of anilines is 1. The molecule has 1 aromatic carbocycles. The van der Waals surface area contributed by atoms with Crippen molar-refractivity contribution in [3.63, 3.8) is 0 Å². The van der Waals surface area contributed by atoms with E-state index in [2.05, 4.69) is 10.3 Å². The van der Waals surface area contributed by atoms with E-state index in [4.69, 9.17) is 9.47 Å². The highest BCUT2D eigenvalue weighted by molar-refractivity contribution is 6.04. The fourth-order valence-corrected chi connectivity index (χ4v) is 1.81. The Labute approximate surface area is 121 Å². The number of aromatic nitrogens is 1. The van der Waals surface area contributed by atoms with Crippen LogP contribution in [0.4, 0.5) is 5.69 Å². The lowest BCUT2D eigenvalue weighted by molar-refractivity contribution is 0.102. The SMILES string of the molecule is CCOc1cc(NC(=O)c2c[nH]ccc2=O)ccc1OC. The summed E-state index contributed by atoms with van der Waals surface area (Å²) < 4.78 is 10.6. The molecule has 0 saturated carbocycles. The maximum Gasteiger partial charge on any atom is 0.261 e. The second-order valence-corrected chi connectivity index (χ2v) is 4.18. The molecular formula is C15H16N2O4. The maximum atomic E-state index is 12.1. The summed E-state index contributed by atoms with van der Waals surface area (Å²) in [5, 5.41) is 2.65. The first-order valence-electron chi connectivity index (χ1n) is 6.45. The van der Waals surface area contributed by atoms with Crippen LogP contribution in [0.3, 0.4) is 0 Å². The van der Waals surface area contributed by atoms with Gasteiger partial charge in [-0.05, 0) is 19.1 Å². The third-order valence-corrected chi connectivity index (χ3v) is 2.79. The summed E-state index contributed by atoms with van der Waals surface area (Å²) in [6, 6.07) is 6.32. The van der Waals surface area contributed by atoms with Crippen molar-refractivity contribution in [2.45, 2.75) is 6.92 Å². The zero-order valence-corrected chi connectivity index (χ0v) is 11.8. The molecule has 6 nitrogen and oxygen atoms in total. The highest BCUT2D eigenvalue weighted by atomic mass is 16.5. The van der Waals surface area contributed by atoms with Crippen LogP contribution < -0.4 is 20.2 Å². The average molecular weight is 288 g/mol. The fourth-order valence-electron chi connectivity index (χ4n) is 1.81. The Morgan fingerprint density at radius 2 is 2.10 bits per heavy atom. The Kier molecular flexibility index (Phi) is 4.61. The van der Waals surface area contributed by atoms with Gasteiger partial charge in [0.25, 0.3) is 5.91 Å². The van der Waals surface area contributed by atoms with Crippen molar-refractivity contribution < 1.29 is 14.3 Å². The minimum Gasteiger partial charge on any atom is -0.493 e. The zero-order valence-electron chi connectivity index (χ0n) is 11.8. The van der Waals surface area contributed by atoms with Gasteiger partial charge in [-0.25, -0.2) is 0 Å². The number of carbonyl (C=O) groups is 1. The molecule has 0 radical (unpaired) electrons. The van der Waals surface area contributed by atoms with Crippen LogP contribution in [-0.2, 0) is 0 Å². The van der Waals surface area contributed by atoms with E-state index in [0.29, 0.717) is 23.8 Å². The van der Waals surface area contributed by atoms with E-state index in [9.17, 15) is 9.59 Å². The van der Waals surface area contributed by atoms with Gasteiger partial charge in [0.1, 0.15) is 5.56 Å². The summed E-state index contributed by atoms with van der Waals surface area (Å²) in [6.07, 6.45) is 2.84. The lowest BCUT2D eigenvalue weighted by Gasteiger charge is -2.11. The molecule has 0 saturated heterocycles. The molecule has 0 aliphatic carbocycles. The van der Waals surface area contributed by atoms with Gasteiger partial charge in [0.15, 0.2) is 16.9 Å². The molecule has 0 aliphatic heterocycles. The van der Waals surface area contributed by atoms with E-state index in [-0.39, 0.29) is 11.0 Å². The minimum absolute atomic E-state index is 0.0475. The summed E-state index contributed by atoms with van der Waals surface area (Å²) in [7, 11) is 1.54. The summed E-state index contributed by atoms with van der Waals surface area (Å²) in [5.41, 5.74) is 0.226. The lowest BCUT2D eigenvalue weighted by atomic mass is 10.2. The number of amides is 1. The molecule has 0 atom stereocenters. The van der Waals surface area contributed by atoms with E-state index in [1.807, 2.05) is 6.92 Å². The van der Waals surface area contributed by atoms with Gasteiger partial charge in [-0.1, -0.05) is 0 Å². The van der Waals surface area contributed by atoms with Crippen LogP contribution in [-0.4, -0.2) is 24.6 Å². The number of aromatic amines is 1. The minimum atomic E-state index is -0.482. The molecule has 1 amide bonds. The molecule has 0 bridgehead atoms. The largest absolute Gasteiger partial charge is 0.493 e. The molecule has 0 fully saturated rings. The number of ether oxygens (including phenoxy) is 2. The Morgan fingerprint density at radius 3 is 2.76 bits per heavy atom. The predicted molar refractivity (Wildman–Crippen MR) is 79.2 cm³/mol. The van der Waals surface area contributed by atoms with E-state index in [1.54, 1.807) is 25.3 Å². The van der Waals surface area contributed by atoms with Gasteiger partial charge < -0.3 is 19.8 Å². The first-order chi connectivity index (χ1) is 10.2. The normalized spacial score (nSPS) is 10.0. The molecule has 1 heterocycles. The number of benzene rings is 1. The summed E-state index contributed by atoms with van der Waals surface area (Å²) in [5.74, 6) is 0.622. The van der Waals surface area contributed by atoms with E-state index < -0.39 is 5.91 Å². The predicted octanol–water partition coefficient (Wildman–Crippen LogP) is 2.03. The van der Waals surface area contributed by atoms with Crippen molar-refractivity contribution in [1.29, 1.82) is 0 Å². The van der Waals surface area contributed by atoms with Crippen molar-refractivity contribution in [3.8, 4) is 11.5 Å². The molecule has 0 spiro atoms. The van der Waals surface area contributed by atoms with E-state index >= 15 is 0 Å². The topological polar surface area (TPSA) is 80.4 Å². The van der Waals surface area contributed by atoms with Gasteiger partial charge >= 0.3 is 0 Å². The van der Waals surface area contributed by atoms with Crippen LogP contribution in [0.25, 0.3) is 0 Å². The number of pyridine rings is 1. The highest BCUT2D eigenvalue weighted by Crippen LogP contribution is 2.30. The van der Waals surface area contributed by atoms with Crippen LogP contribution in [0.5, 0.6) is 11.5 Å². The number of rotatable bonds is 5. The molecule has 6 heteroatoms. The van der Waals surface area contributed by atoms with Crippen molar-refractivity contribution in [1.82, 2.24) is 4.98 Å². The Bertz CT molecular complexity index is 694. The second kappa shape index (κ2) is 6.60. The van der Waals surface area contributed by atoms with Crippen LogP contribution in [0, 0.1) is 0 Å². The van der Waals surface area contributed by atoms with Crippen LogP contribution in [0.15, 0.2) is 41.5 Å². The van der Waals surface area contributed by atoms with Gasteiger partial charge in [0, 0.05) is 30.2 Å². The molecule has 2 rings (SSSR count). The third kappa shape index (κ3) is 3.42. The standard InChI is InChI=1S/C15H16N2O4/c1-3-21-14-8-10(4-5-13(14)20-2)17-15(19)11-9-16-7-6-12(11)18/h4-9H,3H2,1-2H3,(H,16,18)(H,17,19). The Balaban J connectivity index is 2.23. The van der Waals surface area contributed by atoms with Gasteiger partial charge in [-0.3, -0.25) is 9.59 Å². The number of methoxy groups -OCH3 is 1. The van der Waals surface area contributed by atoms with Crippen molar-refractivity contribution in [2.24, 2.45) is 0 Å². The van der Waals surface area contributed by atoms with Crippen molar-refractivity contribution >= 4 is 11.6 Å². The lowest BCUT2D eigenvalue weighted by Crippen LogP contribution is -2.20. The maximum absolute atomic E-state index is 12.1. The summed E-state index contributed by atoms with van der Waals surface area (Å²) in [4.78, 5) is 26.4. The molecule has 0 aliphatic rings. The number of H-pyrrole nitrogens is 1. The molecule has 1 aromatic heterocycles. The molecule has 110 valence electrons. The van der Waals surface area contributed by atoms with Gasteiger partial charge in [0.05, 0.1) is 13.7 Å². The fraction of sp³-hybridized carbons (Fsp3) is 0.200. The second-order valence-electron chi connectivity index (χ2n) is 4.18. The zero-order chi connectivity index (χ0) is 15.2. The molecular weight excluding hydrogens is 272 g/mol. The Hall–Kier alpha value is -2.76.